The molecule has 8 nitrogen and oxygen atoms in total. The maximum Gasteiger partial charge on any atom is 0.256 e. The van der Waals surface area contributed by atoms with Crippen LogP contribution < -0.4 is 14.8 Å². The maximum atomic E-state index is 13.7. The highest BCUT2D eigenvalue weighted by molar-refractivity contribution is 9.10. The van der Waals surface area contributed by atoms with Crippen LogP contribution in [-0.4, -0.2) is 41.0 Å². The van der Waals surface area contributed by atoms with Gasteiger partial charge >= 0.3 is 0 Å². The van der Waals surface area contributed by atoms with Crippen LogP contribution in [0.3, 0.4) is 0 Å². The first-order valence-corrected chi connectivity index (χ1v) is 14.7. The van der Waals surface area contributed by atoms with Crippen LogP contribution in [0.4, 0.5) is 5.69 Å². The van der Waals surface area contributed by atoms with E-state index < -0.39 is 17.5 Å². The number of fused-ring (bicyclic) bond motifs is 4. The van der Waals surface area contributed by atoms with Crippen LogP contribution in [0.1, 0.15) is 42.4 Å². The lowest BCUT2D eigenvalue weighted by molar-refractivity contribution is -0.534. The van der Waals surface area contributed by atoms with Crippen molar-refractivity contribution in [2.75, 3.05) is 18.5 Å². The highest BCUT2D eigenvalue weighted by Gasteiger charge is 2.73. The number of amides is 1. The molecule has 0 saturated carbocycles. The van der Waals surface area contributed by atoms with Gasteiger partial charge in [-0.1, -0.05) is 47.5 Å². The number of nitrogens with one attached hydrogen (secondary N) is 1. The molecular weight excluding hydrogens is 621 g/mol. The van der Waals surface area contributed by atoms with Crippen molar-refractivity contribution in [1.29, 1.82) is 0 Å². The quantitative estimate of drug-likeness (QED) is 0.224. The molecule has 11 heteroatoms. The molecule has 3 heterocycles. The molecule has 3 aliphatic rings. The summed E-state index contributed by atoms with van der Waals surface area (Å²) in [6, 6.07) is 14.9. The third-order valence-electron chi connectivity index (χ3n) is 8.18. The summed E-state index contributed by atoms with van der Waals surface area (Å²) in [5, 5.41) is 16.7. The summed E-state index contributed by atoms with van der Waals surface area (Å²) < 4.78 is 12.7. The lowest BCUT2D eigenvalue weighted by atomic mass is 9.77. The van der Waals surface area contributed by atoms with Crippen LogP contribution in [0, 0.1) is 10.1 Å². The second-order valence-electron chi connectivity index (χ2n) is 10.2. The van der Waals surface area contributed by atoms with Crippen molar-refractivity contribution in [2.45, 2.75) is 49.9 Å². The zero-order valence-corrected chi connectivity index (χ0v) is 24.6. The van der Waals surface area contributed by atoms with Gasteiger partial charge in [-0.3, -0.25) is 19.8 Å². The zero-order valence-electron chi connectivity index (χ0n) is 21.5. The molecule has 2 fully saturated rings. The minimum atomic E-state index is -1.38. The number of ether oxygens (including phenoxy) is 2. The van der Waals surface area contributed by atoms with Crippen molar-refractivity contribution in [3.63, 3.8) is 0 Å². The van der Waals surface area contributed by atoms with Crippen LogP contribution in [0.25, 0.3) is 0 Å². The lowest BCUT2D eigenvalue weighted by Crippen LogP contribution is -2.55. The summed E-state index contributed by atoms with van der Waals surface area (Å²) in [5.74, 6) is 0.0644. The Balaban J connectivity index is 1.43. The number of carbonyl (C=O) groups excluding carboxylic acids is 1. The van der Waals surface area contributed by atoms with Crippen LogP contribution in [0.5, 0.6) is 11.5 Å². The van der Waals surface area contributed by atoms with Crippen molar-refractivity contribution in [2.24, 2.45) is 0 Å². The Hall–Kier alpha value is -2.85. The fraction of sp³-hybridized carbons (Fsp3) is 0.345. The standard InChI is InChI=1S/C29H26BrCl2N3O5/c1-2-39-24-14-17(13-19(30)26(24)40-15-16-9-10-20(31)21(32)12-16)25-23-8-5-11-34(23)29(27(25)35(37)38)18-6-3-4-7-22(18)33-28(29)36/h3-4,6-7,9-10,12-14,23,25,27H,2,5,8,11,15H2,1H3,(H,33,36)/t23-,25+,27+,29-/m0/s1. The summed E-state index contributed by atoms with van der Waals surface area (Å²) in [6.07, 6.45) is 1.61. The highest BCUT2D eigenvalue weighted by Crippen LogP contribution is 2.58. The van der Waals surface area contributed by atoms with Gasteiger partial charge in [-0.25, -0.2) is 0 Å². The second kappa shape index (κ2) is 10.5. The van der Waals surface area contributed by atoms with Gasteiger partial charge in [0.05, 0.1) is 27.0 Å². The molecule has 0 unspecified atom stereocenters. The first-order valence-electron chi connectivity index (χ1n) is 13.1. The summed E-state index contributed by atoms with van der Waals surface area (Å²) in [6.45, 7) is 3.06. The molecule has 4 atom stereocenters. The molecular formula is C29H26BrCl2N3O5. The van der Waals surface area contributed by atoms with E-state index in [1.54, 1.807) is 18.2 Å². The zero-order chi connectivity index (χ0) is 28.2. The normalized spacial score (nSPS) is 25.1. The Morgan fingerprint density at radius 1 is 1.15 bits per heavy atom. The van der Waals surface area contributed by atoms with E-state index >= 15 is 0 Å². The number of hydrogen-bond donors (Lipinski definition) is 1. The molecule has 40 heavy (non-hydrogen) atoms. The number of anilines is 1. The van der Waals surface area contributed by atoms with Gasteiger partial charge in [-0.15, -0.1) is 0 Å². The number of para-hydroxylation sites is 1. The van der Waals surface area contributed by atoms with Crippen molar-refractivity contribution in [3.8, 4) is 11.5 Å². The van der Waals surface area contributed by atoms with E-state index in [2.05, 4.69) is 26.1 Å². The largest absolute Gasteiger partial charge is 0.490 e. The molecule has 1 N–H and O–H groups in total. The molecule has 208 valence electrons. The first kappa shape index (κ1) is 27.3. The minimum absolute atomic E-state index is 0.184. The predicted molar refractivity (Wildman–Crippen MR) is 156 cm³/mol. The Bertz CT molecular complexity index is 1520. The maximum absolute atomic E-state index is 13.7. The molecule has 1 amide bonds. The van der Waals surface area contributed by atoms with Gasteiger partial charge in [0.25, 0.3) is 11.9 Å². The summed E-state index contributed by atoms with van der Waals surface area (Å²) >= 11 is 15.9. The molecule has 0 aromatic heterocycles. The second-order valence-corrected chi connectivity index (χ2v) is 11.9. The molecule has 3 aromatic carbocycles. The van der Waals surface area contributed by atoms with Gasteiger partial charge in [0, 0.05) is 28.8 Å². The van der Waals surface area contributed by atoms with Gasteiger partial charge in [-0.2, -0.15) is 0 Å². The number of rotatable bonds is 7. The third kappa shape index (κ3) is 4.17. The SMILES string of the molecule is CCOc1cc([C@@H]2[C@@H]3CCCN3[C@]3(C(=O)Nc4ccccc43)[C@@H]2[N+](=O)[O-])cc(Br)c1OCc1ccc(Cl)c(Cl)c1. The van der Waals surface area contributed by atoms with E-state index in [4.69, 9.17) is 32.7 Å². The molecule has 1 spiro atoms. The summed E-state index contributed by atoms with van der Waals surface area (Å²) in [7, 11) is 0. The molecule has 3 aromatic rings. The van der Waals surface area contributed by atoms with Crippen LogP contribution in [0.15, 0.2) is 59.1 Å². The third-order valence-corrected chi connectivity index (χ3v) is 9.51. The van der Waals surface area contributed by atoms with Crippen molar-refractivity contribution >= 4 is 50.7 Å². The Morgan fingerprint density at radius 2 is 1.95 bits per heavy atom. The molecule has 0 radical (unpaired) electrons. The average molecular weight is 647 g/mol. The smallest absolute Gasteiger partial charge is 0.256 e. The van der Waals surface area contributed by atoms with Crippen molar-refractivity contribution in [1.82, 2.24) is 4.90 Å². The first-order chi connectivity index (χ1) is 19.3. The monoisotopic (exact) mass is 645 g/mol. The Morgan fingerprint density at radius 3 is 2.70 bits per heavy atom. The molecule has 2 saturated heterocycles. The predicted octanol–water partition coefficient (Wildman–Crippen LogP) is 6.79. The van der Waals surface area contributed by atoms with E-state index in [0.717, 1.165) is 24.0 Å². The van der Waals surface area contributed by atoms with E-state index in [1.807, 2.05) is 43.3 Å². The fourth-order valence-corrected chi connectivity index (χ4v) is 7.64. The fourth-order valence-electron chi connectivity index (χ4n) is 6.74. The number of carbonyl (C=O) groups is 1. The number of benzene rings is 3. The van der Waals surface area contributed by atoms with Crippen LogP contribution in [-0.2, 0) is 16.9 Å². The van der Waals surface area contributed by atoms with Gasteiger partial charge in [0.15, 0.2) is 17.0 Å². The van der Waals surface area contributed by atoms with Gasteiger partial charge in [0.2, 0.25) is 0 Å². The van der Waals surface area contributed by atoms with E-state index in [1.165, 1.54) is 0 Å². The number of nitrogens with zero attached hydrogens (tertiary/aromatic N) is 2. The van der Waals surface area contributed by atoms with E-state index in [0.29, 0.717) is 50.4 Å². The summed E-state index contributed by atoms with van der Waals surface area (Å²) in [5.41, 5.74) is 1.47. The average Bonchev–Trinajstić information content (AvgIpc) is 3.58. The van der Waals surface area contributed by atoms with Gasteiger partial charge < -0.3 is 14.8 Å². The lowest BCUT2D eigenvalue weighted by Gasteiger charge is -2.32. The minimum Gasteiger partial charge on any atom is -0.490 e. The molecule has 0 aliphatic carbocycles. The van der Waals surface area contributed by atoms with Gasteiger partial charge in [-0.05, 0) is 77.2 Å². The Kier molecular flexibility index (Phi) is 7.19. The van der Waals surface area contributed by atoms with E-state index in [9.17, 15) is 14.9 Å². The molecule has 6 rings (SSSR count). The Labute approximate surface area is 249 Å². The van der Waals surface area contributed by atoms with E-state index in [-0.39, 0.29) is 23.5 Å². The number of nitro groups is 1. The topological polar surface area (TPSA) is 93.9 Å². The van der Waals surface area contributed by atoms with Gasteiger partial charge in [0.1, 0.15) is 6.61 Å². The highest BCUT2D eigenvalue weighted by atomic mass is 79.9. The summed E-state index contributed by atoms with van der Waals surface area (Å²) in [4.78, 5) is 28.4. The van der Waals surface area contributed by atoms with Crippen molar-refractivity contribution < 1.29 is 19.2 Å². The number of halogens is 3. The molecule has 3 aliphatic heterocycles. The van der Waals surface area contributed by atoms with Crippen LogP contribution in [0.2, 0.25) is 10.0 Å². The van der Waals surface area contributed by atoms with Crippen LogP contribution >= 0.6 is 39.1 Å². The molecule has 0 bridgehead atoms. The van der Waals surface area contributed by atoms with Crippen molar-refractivity contribution in [3.05, 3.63) is 95.9 Å². The number of hydrogen-bond acceptors (Lipinski definition) is 6.